The minimum absolute atomic E-state index is 0.479. The highest BCUT2D eigenvalue weighted by atomic mass is 16.5. The van der Waals surface area contributed by atoms with Gasteiger partial charge in [-0.3, -0.25) is 4.98 Å². The SMILES string of the molecule is COc1cc(Nc2nccc(N(C)CCc3ccncc3)n2)cc(OC)c1OC. The molecule has 0 bridgehead atoms. The summed E-state index contributed by atoms with van der Waals surface area (Å²) < 4.78 is 16.1. The maximum atomic E-state index is 5.39. The van der Waals surface area contributed by atoms with E-state index in [1.165, 1.54) is 5.56 Å². The van der Waals surface area contributed by atoms with Crippen LogP contribution in [0.2, 0.25) is 0 Å². The molecule has 0 saturated carbocycles. The van der Waals surface area contributed by atoms with Crippen LogP contribution in [-0.2, 0) is 6.42 Å². The van der Waals surface area contributed by atoms with E-state index in [0.717, 1.165) is 24.5 Å². The molecule has 0 spiro atoms. The Balaban J connectivity index is 1.74. The van der Waals surface area contributed by atoms with Crippen LogP contribution in [0.1, 0.15) is 5.56 Å². The third-order valence-corrected chi connectivity index (χ3v) is 4.44. The second-order valence-corrected chi connectivity index (χ2v) is 6.30. The first-order valence-corrected chi connectivity index (χ1v) is 9.14. The van der Waals surface area contributed by atoms with Crippen molar-refractivity contribution in [3.8, 4) is 17.2 Å². The molecule has 0 saturated heterocycles. The van der Waals surface area contributed by atoms with Gasteiger partial charge in [-0.05, 0) is 30.2 Å². The van der Waals surface area contributed by atoms with Crippen LogP contribution in [0.4, 0.5) is 17.5 Å². The maximum Gasteiger partial charge on any atom is 0.229 e. The second-order valence-electron chi connectivity index (χ2n) is 6.30. The van der Waals surface area contributed by atoms with E-state index >= 15 is 0 Å². The Hall–Kier alpha value is -3.55. The Bertz CT molecular complexity index is 912. The van der Waals surface area contributed by atoms with Gasteiger partial charge in [0, 0.05) is 50.0 Å². The molecule has 3 rings (SSSR count). The van der Waals surface area contributed by atoms with Gasteiger partial charge in [-0.15, -0.1) is 0 Å². The normalized spacial score (nSPS) is 10.3. The van der Waals surface area contributed by atoms with Crippen molar-refractivity contribution in [3.63, 3.8) is 0 Å². The molecule has 1 aromatic carbocycles. The molecule has 1 N–H and O–H groups in total. The van der Waals surface area contributed by atoms with Gasteiger partial charge in [0.05, 0.1) is 21.3 Å². The highest BCUT2D eigenvalue weighted by molar-refractivity contribution is 5.66. The number of likely N-dealkylation sites (N-methyl/N-ethyl adjacent to an activating group) is 1. The minimum Gasteiger partial charge on any atom is -0.493 e. The van der Waals surface area contributed by atoms with E-state index in [4.69, 9.17) is 14.2 Å². The van der Waals surface area contributed by atoms with E-state index in [9.17, 15) is 0 Å². The Morgan fingerprint density at radius 2 is 1.62 bits per heavy atom. The fraction of sp³-hybridized carbons (Fsp3) is 0.286. The van der Waals surface area contributed by atoms with Gasteiger partial charge < -0.3 is 24.4 Å². The molecule has 152 valence electrons. The number of benzene rings is 1. The van der Waals surface area contributed by atoms with Gasteiger partial charge >= 0.3 is 0 Å². The van der Waals surface area contributed by atoms with E-state index < -0.39 is 0 Å². The molecule has 0 aliphatic heterocycles. The average Bonchev–Trinajstić information content (AvgIpc) is 2.77. The fourth-order valence-corrected chi connectivity index (χ4v) is 2.87. The van der Waals surface area contributed by atoms with Crippen molar-refractivity contribution < 1.29 is 14.2 Å². The van der Waals surface area contributed by atoms with E-state index in [1.54, 1.807) is 39.9 Å². The molecule has 0 aliphatic carbocycles. The van der Waals surface area contributed by atoms with E-state index in [2.05, 4.69) is 25.2 Å². The van der Waals surface area contributed by atoms with Crippen LogP contribution in [0.15, 0.2) is 48.9 Å². The number of nitrogens with one attached hydrogen (secondary N) is 1. The third-order valence-electron chi connectivity index (χ3n) is 4.44. The number of methoxy groups -OCH3 is 3. The second kappa shape index (κ2) is 9.59. The van der Waals surface area contributed by atoms with Gasteiger partial charge in [0.2, 0.25) is 11.7 Å². The monoisotopic (exact) mass is 395 g/mol. The van der Waals surface area contributed by atoms with Gasteiger partial charge in [0.15, 0.2) is 11.5 Å². The molecule has 0 radical (unpaired) electrons. The van der Waals surface area contributed by atoms with E-state index in [1.807, 2.05) is 37.4 Å². The van der Waals surface area contributed by atoms with Crippen LogP contribution in [0.3, 0.4) is 0 Å². The van der Waals surface area contributed by atoms with Crippen molar-refractivity contribution in [2.75, 3.05) is 45.1 Å². The Morgan fingerprint density at radius 3 is 2.24 bits per heavy atom. The number of hydrogen-bond donors (Lipinski definition) is 1. The first-order chi connectivity index (χ1) is 14.1. The molecule has 2 aromatic heterocycles. The molecule has 0 aliphatic rings. The lowest BCUT2D eigenvalue weighted by Crippen LogP contribution is -2.21. The smallest absolute Gasteiger partial charge is 0.229 e. The lowest BCUT2D eigenvalue weighted by molar-refractivity contribution is 0.324. The Morgan fingerprint density at radius 1 is 0.931 bits per heavy atom. The maximum absolute atomic E-state index is 5.39. The summed E-state index contributed by atoms with van der Waals surface area (Å²) in [4.78, 5) is 15.1. The van der Waals surface area contributed by atoms with Crippen molar-refractivity contribution >= 4 is 17.5 Å². The number of nitrogens with zero attached hydrogens (tertiary/aromatic N) is 4. The number of aromatic nitrogens is 3. The van der Waals surface area contributed by atoms with Gasteiger partial charge in [-0.1, -0.05) is 0 Å². The highest BCUT2D eigenvalue weighted by Crippen LogP contribution is 2.40. The molecule has 0 unspecified atom stereocenters. The molecular formula is C21H25N5O3. The van der Waals surface area contributed by atoms with Crippen LogP contribution in [0, 0.1) is 0 Å². The summed E-state index contributed by atoms with van der Waals surface area (Å²) in [5.41, 5.74) is 1.97. The Kier molecular flexibility index (Phi) is 6.67. The molecule has 29 heavy (non-hydrogen) atoms. The van der Waals surface area contributed by atoms with Gasteiger partial charge in [-0.25, -0.2) is 4.98 Å². The minimum atomic E-state index is 0.479. The van der Waals surface area contributed by atoms with Crippen molar-refractivity contribution in [2.45, 2.75) is 6.42 Å². The fourth-order valence-electron chi connectivity index (χ4n) is 2.87. The standard InChI is InChI=1S/C21H25N5O3/c1-26(12-8-15-5-9-22-10-6-15)19-7-11-23-21(25-19)24-16-13-17(27-2)20(29-4)18(14-16)28-3/h5-7,9-11,13-14H,8,12H2,1-4H3,(H,23,24,25). The highest BCUT2D eigenvalue weighted by Gasteiger charge is 2.14. The zero-order chi connectivity index (χ0) is 20.6. The first kappa shape index (κ1) is 20.2. The number of pyridine rings is 1. The third kappa shape index (κ3) is 5.04. The zero-order valence-electron chi connectivity index (χ0n) is 17.0. The van der Waals surface area contributed by atoms with E-state index in [0.29, 0.717) is 23.2 Å². The molecule has 3 aromatic rings. The van der Waals surface area contributed by atoms with Crippen LogP contribution in [0.5, 0.6) is 17.2 Å². The summed E-state index contributed by atoms with van der Waals surface area (Å²) >= 11 is 0. The predicted molar refractivity (Wildman–Crippen MR) is 113 cm³/mol. The van der Waals surface area contributed by atoms with Gasteiger partial charge in [-0.2, -0.15) is 4.98 Å². The molecule has 0 atom stereocenters. The lowest BCUT2D eigenvalue weighted by atomic mass is 10.2. The lowest BCUT2D eigenvalue weighted by Gasteiger charge is -2.19. The van der Waals surface area contributed by atoms with Gasteiger partial charge in [0.1, 0.15) is 5.82 Å². The topological polar surface area (TPSA) is 81.6 Å². The molecular weight excluding hydrogens is 370 g/mol. The number of anilines is 3. The molecule has 0 fully saturated rings. The van der Waals surface area contributed by atoms with Crippen molar-refractivity contribution in [1.82, 2.24) is 15.0 Å². The van der Waals surface area contributed by atoms with Crippen molar-refractivity contribution in [1.29, 1.82) is 0 Å². The molecule has 2 heterocycles. The van der Waals surface area contributed by atoms with Crippen LogP contribution in [-0.4, -0.2) is 49.9 Å². The summed E-state index contributed by atoms with van der Waals surface area (Å²) in [6, 6.07) is 9.54. The quantitative estimate of drug-likeness (QED) is 0.591. The van der Waals surface area contributed by atoms with Crippen molar-refractivity contribution in [3.05, 3.63) is 54.5 Å². The first-order valence-electron chi connectivity index (χ1n) is 9.14. The summed E-state index contributed by atoms with van der Waals surface area (Å²) in [5, 5.41) is 3.20. The van der Waals surface area contributed by atoms with Gasteiger partial charge in [0.25, 0.3) is 0 Å². The number of ether oxygens (including phenoxy) is 3. The van der Waals surface area contributed by atoms with Crippen LogP contribution >= 0.6 is 0 Å². The summed E-state index contributed by atoms with van der Waals surface area (Å²) in [5.74, 6) is 2.95. The molecule has 0 amide bonds. The van der Waals surface area contributed by atoms with Crippen molar-refractivity contribution in [2.24, 2.45) is 0 Å². The summed E-state index contributed by atoms with van der Waals surface area (Å²) in [6.07, 6.45) is 6.24. The van der Waals surface area contributed by atoms with Crippen LogP contribution in [0.25, 0.3) is 0 Å². The zero-order valence-corrected chi connectivity index (χ0v) is 17.0. The Labute approximate surface area is 170 Å². The molecule has 8 heteroatoms. The molecule has 8 nitrogen and oxygen atoms in total. The number of hydrogen-bond acceptors (Lipinski definition) is 8. The number of rotatable bonds is 9. The summed E-state index contributed by atoms with van der Waals surface area (Å²) in [7, 11) is 6.74. The summed E-state index contributed by atoms with van der Waals surface area (Å²) in [6.45, 7) is 0.824. The van der Waals surface area contributed by atoms with E-state index in [-0.39, 0.29) is 0 Å². The largest absolute Gasteiger partial charge is 0.493 e. The van der Waals surface area contributed by atoms with Crippen LogP contribution < -0.4 is 24.4 Å². The predicted octanol–water partition coefficient (Wildman–Crippen LogP) is 3.32. The average molecular weight is 395 g/mol.